The number of piperidine rings is 1. The lowest BCUT2D eigenvalue weighted by Crippen LogP contribution is -2.63. The highest BCUT2D eigenvalue weighted by Crippen LogP contribution is 2.41. The van der Waals surface area contributed by atoms with Crippen LogP contribution < -0.4 is 5.32 Å². The number of nitrogens with one attached hydrogen (secondary N) is 1. The summed E-state index contributed by atoms with van der Waals surface area (Å²) in [7, 11) is 0. The van der Waals surface area contributed by atoms with E-state index in [9.17, 15) is 4.79 Å². The second kappa shape index (κ2) is 5.37. The number of aryl methyl sites for hydroxylation is 1. The van der Waals surface area contributed by atoms with Crippen molar-refractivity contribution in [2.45, 2.75) is 45.2 Å². The summed E-state index contributed by atoms with van der Waals surface area (Å²) in [4.78, 5) is 18.6. The Morgan fingerprint density at radius 1 is 1.26 bits per heavy atom. The van der Waals surface area contributed by atoms with Crippen LogP contribution in [0.4, 0.5) is 10.5 Å². The van der Waals surface area contributed by atoms with Gasteiger partial charge < -0.3 is 10.2 Å². The number of fused-ring (bicyclic) bond motifs is 2. The van der Waals surface area contributed by atoms with Crippen LogP contribution in [0.2, 0.25) is 0 Å². The van der Waals surface area contributed by atoms with Crippen molar-refractivity contribution in [3.63, 3.8) is 0 Å². The summed E-state index contributed by atoms with van der Waals surface area (Å²) in [6, 6.07) is 6.73. The molecule has 4 rings (SSSR count). The number of amides is 2. The molecule has 3 heterocycles. The van der Waals surface area contributed by atoms with Crippen LogP contribution in [-0.2, 0) is 0 Å². The summed E-state index contributed by atoms with van der Waals surface area (Å²) in [5.74, 6) is 0.737. The van der Waals surface area contributed by atoms with E-state index in [1.807, 2.05) is 30.0 Å². The van der Waals surface area contributed by atoms with Gasteiger partial charge in [-0.1, -0.05) is 13.0 Å². The minimum atomic E-state index is 0.0199. The number of carbonyl (C=O) groups is 1. The molecule has 2 aromatic rings. The highest BCUT2D eigenvalue weighted by atomic mass is 16.2. The van der Waals surface area contributed by atoms with Crippen LogP contribution in [0.1, 0.15) is 31.7 Å². The van der Waals surface area contributed by atoms with Crippen LogP contribution in [0.15, 0.2) is 30.9 Å². The van der Waals surface area contributed by atoms with Crippen LogP contribution in [0.25, 0.3) is 5.69 Å². The third kappa shape index (κ3) is 2.48. The molecule has 3 atom stereocenters. The Hall–Kier alpha value is -2.37. The lowest BCUT2D eigenvalue weighted by Gasteiger charge is -2.54. The van der Waals surface area contributed by atoms with E-state index in [-0.39, 0.29) is 6.03 Å². The third-order valence-corrected chi connectivity index (χ3v) is 5.04. The number of anilines is 1. The first-order chi connectivity index (χ1) is 11.1. The molecule has 2 amide bonds. The SMILES string of the molecule is Cc1ccc(NC(=O)N2C3CC(C)C[C@@H]2C3)cc1-n1cncn1. The van der Waals surface area contributed by atoms with Gasteiger partial charge in [-0.15, -0.1) is 0 Å². The maximum atomic E-state index is 12.6. The zero-order valence-electron chi connectivity index (χ0n) is 13.4. The standard InChI is InChI=1S/C17H21N5O/c1-11-5-14-8-15(6-11)22(14)17(23)20-13-4-3-12(2)16(7-13)21-10-18-9-19-21/h3-4,7,9-11,14-15H,5-6,8H2,1-2H3,(H,20,23)/t11?,14-,15?/m1/s1. The minimum absolute atomic E-state index is 0.0199. The zero-order chi connectivity index (χ0) is 16.0. The fourth-order valence-corrected chi connectivity index (χ4v) is 3.93. The largest absolute Gasteiger partial charge is 0.322 e. The first kappa shape index (κ1) is 14.2. The number of hydrogen-bond donors (Lipinski definition) is 1. The number of urea groups is 1. The Labute approximate surface area is 135 Å². The first-order valence-corrected chi connectivity index (χ1v) is 8.17. The van der Waals surface area contributed by atoms with Crippen LogP contribution in [0.3, 0.4) is 0 Å². The molecule has 1 aromatic heterocycles. The molecule has 1 N–H and O–H groups in total. The number of carbonyl (C=O) groups excluding carboxylic acids is 1. The second-order valence-corrected chi connectivity index (χ2v) is 6.80. The van der Waals surface area contributed by atoms with Gasteiger partial charge in [-0.25, -0.2) is 14.5 Å². The fourth-order valence-electron chi connectivity index (χ4n) is 3.93. The molecule has 2 aliphatic rings. The molecule has 2 aliphatic heterocycles. The fraction of sp³-hybridized carbons (Fsp3) is 0.471. The van der Waals surface area contributed by atoms with Gasteiger partial charge in [0.2, 0.25) is 0 Å². The topological polar surface area (TPSA) is 63.1 Å². The van der Waals surface area contributed by atoms with Gasteiger partial charge in [0.25, 0.3) is 0 Å². The van der Waals surface area contributed by atoms with Gasteiger partial charge in [0.05, 0.1) is 5.69 Å². The van der Waals surface area contributed by atoms with Crippen molar-refractivity contribution >= 4 is 11.7 Å². The molecule has 2 fully saturated rings. The van der Waals surface area contributed by atoms with Gasteiger partial charge in [-0.2, -0.15) is 5.10 Å². The van der Waals surface area contributed by atoms with E-state index in [1.165, 1.54) is 6.33 Å². The average molecular weight is 311 g/mol. The molecule has 120 valence electrons. The molecular weight excluding hydrogens is 290 g/mol. The predicted molar refractivity (Wildman–Crippen MR) is 87.5 cm³/mol. The molecule has 2 bridgehead atoms. The minimum Gasteiger partial charge on any atom is -0.318 e. The van der Waals surface area contributed by atoms with Crippen LogP contribution in [0, 0.1) is 12.8 Å². The highest BCUT2D eigenvalue weighted by molar-refractivity contribution is 5.90. The lowest BCUT2D eigenvalue weighted by molar-refractivity contribution is -0.00600. The Bertz CT molecular complexity index is 715. The van der Waals surface area contributed by atoms with E-state index >= 15 is 0 Å². The number of nitrogens with zero attached hydrogens (tertiary/aromatic N) is 4. The summed E-state index contributed by atoms with van der Waals surface area (Å²) in [6.07, 6.45) is 6.59. The van der Waals surface area contributed by atoms with Crippen molar-refractivity contribution in [1.29, 1.82) is 0 Å². The molecule has 6 heteroatoms. The highest BCUT2D eigenvalue weighted by Gasteiger charge is 2.46. The summed E-state index contributed by atoms with van der Waals surface area (Å²) >= 11 is 0. The zero-order valence-corrected chi connectivity index (χ0v) is 13.4. The van der Waals surface area contributed by atoms with Crippen LogP contribution >= 0.6 is 0 Å². The van der Waals surface area contributed by atoms with E-state index in [0.29, 0.717) is 12.1 Å². The molecule has 1 aromatic carbocycles. The second-order valence-electron chi connectivity index (χ2n) is 6.80. The molecule has 2 saturated heterocycles. The summed E-state index contributed by atoms with van der Waals surface area (Å²) < 4.78 is 1.71. The molecule has 2 unspecified atom stereocenters. The molecule has 0 spiro atoms. The van der Waals surface area contributed by atoms with Crippen LogP contribution in [0.5, 0.6) is 0 Å². The monoisotopic (exact) mass is 311 g/mol. The van der Waals surface area contributed by atoms with E-state index in [4.69, 9.17) is 0 Å². The van der Waals surface area contributed by atoms with Gasteiger partial charge >= 0.3 is 6.03 Å². The van der Waals surface area contributed by atoms with Crippen molar-refractivity contribution in [1.82, 2.24) is 19.7 Å². The molecule has 23 heavy (non-hydrogen) atoms. The van der Waals surface area contributed by atoms with Crippen molar-refractivity contribution in [3.8, 4) is 5.69 Å². The summed E-state index contributed by atoms with van der Waals surface area (Å²) in [6.45, 7) is 4.29. The maximum Gasteiger partial charge on any atom is 0.322 e. The van der Waals surface area contributed by atoms with E-state index in [1.54, 1.807) is 11.0 Å². The van der Waals surface area contributed by atoms with Crippen LogP contribution in [-0.4, -0.2) is 37.8 Å². The summed E-state index contributed by atoms with van der Waals surface area (Å²) in [5, 5.41) is 7.21. The van der Waals surface area contributed by atoms with Gasteiger partial charge in [0.15, 0.2) is 0 Å². The summed E-state index contributed by atoms with van der Waals surface area (Å²) in [5.41, 5.74) is 2.81. The number of rotatable bonds is 2. The van der Waals surface area contributed by atoms with Gasteiger partial charge in [-0.3, -0.25) is 0 Å². The Morgan fingerprint density at radius 3 is 2.74 bits per heavy atom. The smallest absolute Gasteiger partial charge is 0.318 e. The molecule has 0 aliphatic carbocycles. The third-order valence-electron chi connectivity index (χ3n) is 5.04. The van der Waals surface area contributed by atoms with Gasteiger partial charge in [0, 0.05) is 17.8 Å². The number of benzene rings is 1. The van der Waals surface area contributed by atoms with Crippen molar-refractivity contribution in [2.75, 3.05) is 5.32 Å². The van der Waals surface area contributed by atoms with E-state index in [2.05, 4.69) is 22.3 Å². The molecule has 6 nitrogen and oxygen atoms in total. The first-order valence-electron chi connectivity index (χ1n) is 8.17. The molecular formula is C17H21N5O. The van der Waals surface area contributed by atoms with Gasteiger partial charge in [0.1, 0.15) is 12.7 Å². The van der Waals surface area contributed by atoms with Crippen molar-refractivity contribution in [3.05, 3.63) is 36.4 Å². The Balaban J connectivity index is 1.51. The Kier molecular flexibility index (Phi) is 3.32. The quantitative estimate of drug-likeness (QED) is 0.927. The number of aromatic nitrogens is 3. The van der Waals surface area contributed by atoms with Gasteiger partial charge in [-0.05, 0) is 49.8 Å². The Morgan fingerprint density at radius 2 is 2.04 bits per heavy atom. The predicted octanol–water partition coefficient (Wildman–Crippen LogP) is 2.98. The molecule has 0 saturated carbocycles. The van der Waals surface area contributed by atoms with E-state index in [0.717, 1.165) is 42.1 Å². The lowest BCUT2D eigenvalue weighted by atomic mass is 9.74. The van der Waals surface area contributed by atoms with Crippen molar-refractivity contribution in [2.24, 2.45) is 5.92 Å². The van der Waals surface area contributed by atoms with Crippen molar-refractivity contribution < 1.29 is 4.79 Å². The average Bonchev–Trinajstić information content (AvgIpc) is 3.02. The van der Waals surface area contributed by atoms with E-state index < -0.39 is 0 Å². The number of hydrogen-bond acceptors (Lipinski definition) is 3. The maximum absolute atomic E-state index is 12.6. The normalized spacial score (nSPS) is 25.8. The molecule has 0 radical (unpaired) electrons.